The maximum absolute atomic E-state index is 13.2. The summed E-state index contributed by atoms with van der Waals surface area (Å²) >= 11 is 0. The molecule has 0 saturated carbocycles. The van der Waals surface area contributed by atoms with Gasteiger partial charge in [-0.05, 0) is 71.5 Å². The topological polar surface area (TPSA) is 105 Å². The van der Waals surface area contributed by atoms with Gasteiger partial charge in [-0.1, -0.05) is 41.5 Å². The lowest BCUT2D eigenvalue weighted by Crippen LogP contribution is -2.22. The fourth-order valence-electron chi connectivity index (χ4n) is 3.90. The van der Waals surface area contributed by atoms with Crippen molar-refractivity contribution in [2.75, 3.05) is 17.7 Å². The van der Waals surface area contributed by atoms with Gasteiger partial charge in [-0.25, -0.2) is 4.79 Å². The molecule has 194 valence electrons. The molecular formula is C30H34N2O5. The highest BCUT2D eigenvalue weighted by molar-refractivity contribution is 6.06. The Balaban J connectivity index is 1.80. The lowest BCUT2D eigenvalue weighted by Gasteiger charge is -2.29. The van der Waals surface area contributed by atoms with Crippen molar-refractivity contribution in [2.45, 2.75) is 52.4 Å². The second-order valence-corrected chi connectivity index (χ2v) is 11.0. The summed E-state index contributed by atoms with van der Waals surface area (Å²) in [6.45, 7) is 12.5. The summed E-state index contributed by atoms with van der Waals surface area (Å²) < 4.78 is 5.78. The molecule has 0 fully saturated rings. The number of nitrogens with one attached hydrogen (secondary N) is 2. The number of carboxylic acid groups (broad SMARTS) is 1. The molecule has 0 bridgehead atoms. The van der Waals surface area contributed by atoms with Crippen LogP contribution in [0.25, 0.3) is 0 Å². The van der Waals surface area contributed by atoms with Crippen molar-refractivity contribution in [2.24, 2.45) is 0 Å². The van der Waals surface area contributed by atoms with E-state index in [4.69, 9.17) is 9.84 Å². The van der Waals surface area contributed by atoms with Crippen molar-refractivity contribution in [3.63, 3.8) is 0 Å². The smallest absolute Gasteiger partial charge is 0.335 e. The summed E-state index contributed by atoms with van der Waals surface area (Å²) in [4.78, 5) is 36.8. The Morgan fingerprint density at radius 3 is 1.38 bits per heavy atom. The standard InChI is InChI=1S/C30H34N2O5/c1-29(2,3)23-16-20(17-24(25(23)37-7)30(4,5)6)27(34)32-21-12-8-18(9-13-21)26(33)31-22-14-10-19(11-15-22)28(35)36/h8-17H,1-7H3,(H,31,33)(H,32,34)(H,35,36). The quantitative estimate of drug-likeness (QED) is 0.357. The summed E-state index contributed by atoms with van der Waals surface area (Å²) in [5, 5.41) is 14.6. The Hall–Kier alpha value is -4.13. The van der Waals surface area contributed by atoms with Gasteiger partial charge >= 0.3 is 5.97 Å². The Kier molecular flexibility index (Phi) is 7.77. The van der Waals surface area contributed by atoms with Crippen molar-refractivity contribution in [1.29, 1.82) is 0 Å². The molecule has 2 amide bonds. The van der Waals surface area contributed by atoms with Crippen LogP contribution in [-0.2, 0) is 10.8 Å². The third kappa shape index (κ3) is 6.55. The lowest BCUT2D eigenvalue weighted by molar-refractivity contribution is 0.0696. The van der Waals surface area contributed by atoms with Crippen LogP contribution in [0.4, 0.5) is 11.4 Å². The molecule has 7 nitrogen and oxygen atoms in total. The van der Waals surface area contributed by atoms with Gasteiger partial charge in [0.2, 0.25) is 0 Å². The number of aromatic carboxylic acids is 1. The van der Waals surface area contributed by atoms with Crippen LogP contribution in [0.3, 0.4) is 0 Å². The molecule has 0 atom stereocenters. The predicted molar refractivity (Wildman–Crippen MR) is 146 cm³/mol. The first-order valence-corrected chi connectivity index (χ1v) is 12.0. The van der Waals surface area contributed by atoms with Crippen LogP contribution in [0.15, 0.2) is 60.7 Å². The fraction of sp³-hybridized carbons (Fsp3) is 0.300. The summed E-state index contributed by atoms with van der Waals surface area (Å²) in [6, 6.07) is 16.2. The Bertz CT molecular complexity index is 1280. The molecule has 0 aliphatic heterocycles. The Morgan fingerprint density at radius 1 is 0.649 bits per heavy atom. The van der Waals surface area contributed by atoms with Crippen LogP contribution in [0.1, 0.15) is 83.7 Å². The summed E-state index contributed by atoms with van der Waals surface area (Å²) in [5.74, 6) is -0.839. The van der Waals surface area contributed by atoms with Gasteiger partial charge in [-0.2, -0.15) is 0 Å². The molecule has 0 saturated heterocycles. The molecule has 0 radical (unpaired) electrons. The van der Waals surface area contributed by atoms with E-state index in [9.17, 15) is 14.4 Å². The summed E-state index contributed by atoms with van der Waals surface area (Å²) in [5.41, 5.74) is 3.55. The minimum absolute atomic E-state index is 0.138. The number of anilines is 2. The lowest BCUT2D eigenvalue weighted by atomic mass is 9.78. The van der Waals surface area contributed by atoms with Gasteiger partial charge in [-0.15, -0.1) is 0 Å². The first-order chi connectivity index (χ1) is 17.2. The molecule has 0 spiro atoms. The molecule has 0 unspecified atom stereocenters. The largest absolute Gasteiger partial charge is 0.496 e. The number of carboxylic acids is 1. The van der Waals surface area contributed by atoms with Crippen LogP contribution in [0.5, 0.6) is 5.75 Å². The van der Waals surface area contributed by atoms with Gasteiger partial charge in [0.25, 0.3) is 11.8 Å². The number of rotatable bonds is 6. The predicted octanol–water partition coefficient (Wildman–Crippen LogP) is 6.49. The van der Waals surface area contributed by atoms with E-state index in [1.54, 1.807) is 31.4 Å². The number of amides is 2. The second-order valence-electron chi connectivity index (χ2n) is 11.0. The van der Waals surface area contributed by atoms with Crippen LogP contribution in [0.2, 0.25) is 0 Å². The molecule has 0 heterocycles. The fourth-order valence-corrected chi connectivity index (χ4v) is 3.90. The molecule has 0 aliphatic carbocycles. The highest BCUT2D eigenvalue weighted by Gasteiger charge is 2.28. The van der Waals surface area contributed by atoms with Gasteiger partial charge in [0, 0.05) is 33.6 Å². The number of methoxy groups -OCH3 is 1. The van der Waals surface area contributed by atoms with E-state index in [0.29, 0.717) is 22.5 Å². The van der Waals surface area contributed by atoms with Gasteiger partial charge in [-0.3, -0.25) is 9.59 Å². The van der Waals surface area contributed by atoms with Crippen LogP contribution in [0, 0.1) is 0 Å². The Morgan fingerprint density at radius 2 is 1.03 bits per heavy atom. The first kappa shape index (κ1) is 27.5. The normalized spacial score (nSPS) is 11.5. The van der Waals surface area contributed by atoms with Crippen molar-refractivity contribution in [3.05, 3.63) is 88.5 Å². The molecule has 0 aliphatic rings. The number of hydrogen-bond acceptors (Lipinski definition) is 4. The molecule has 37 heavy (non-hydrogen) atoms. The molecule has 3 N–H and O–H groups in total. The molecule has 3 aromatic carbocycles. The zero-order valence-electron chi connectivity index (χ0n) is 22.4. The van der Waals surface area contributed by atoms with Crippen molar-refractivity contribution >= 4 is 29.2 Å². The van der Waals surface area contributed by atoms with Crippen molar-refractivity contribution in [1.82, 2.24) is 0 Å². The maximum Gasteiger partial charge on any atom is 0.335 e. The highest BCUT2D eigenvalue weighted by Crippen LogP contribution is 2.40. The van der Waals surface area contributed by atoms with Gasteiger partial charge < -0.3 is 20.5 Å². The Labute approximate surface area is 217 Å². The van der Waals surface area contributed by atoms with Gasteiger partial charge in [0.15, 0.2) is 0 Å². The maximum atomic E-state index is 13.2. The zero-order chi connectivity index (χ0) is 27.5. The zero-order valence-corrected chi connectivity index (χ0v) is 22.4. The second kappa shape index (κ2) is 10.5. The molecule has 0 aromatic heterocycles. The average Bonchev–Trinajstić information content (AvgIpc) is 2.82. The van der Waals surface area contributed by atoms with Gasteiger partial charge in [0.05, 0.1) is 12.7 Å². The molecular weight excluding hydrogens is 468 g/mol. The molecule has 3 aromatic rings. The number of carbonyl (C=O) groups is 3. The van der Waals surface area contributed by atoms with E-state index >= 15 is 0 Å². The van der Waals surface area contributed by atoms with E-state index in [1.807, 2.05) is 12.1 Å². The number of ether oxygens (including phenoxy) is 1. The van der Waals surface area contributed by atoms with E-state index in [1.165, 1.54) is 24.3 Å². The van der Waals surface area contributed by atoms with Crippen molar-refractivity contribution < 1.29 is 24.2 Å². The summed E-state index contributed by atoms with van der Waals surface area (Å²) in [7, 11) is 1.66. The van der Waals surface area contributed by atoms with E-state index in [-0.39, 0.29) is 28.2 Å². The first-order valence-electron chi connectivity index (χ1n) is 12.0. The average molecular weight is 503 g/mol. The highest BCUT2D eigenvalue weighted by atomic mass is 16.5. The monoisotopic (exact) mass is 502 g/mol. The third-order valence-corrected chi connectivity index (χ3v) is 5.97. The number of benzene rings is 3. The number of carbonyl (C=O) groups excluding carboxylic acids is 2. The van der Waals surface area contributed by atoms with E-state index < -0.39 is 5.97 Å². The van der Waals surface area contributed by atoms with Crippen LogP contribution in [-0.4, -0.2) is 30.0 Å². The minimum Gasteiger partial charge on any atom is -0.496 e. The summed E-state index contributed by atoms with van der Waals surface area (Å²) in [6.07, 6.45) is 0. The third-order valence-electron chi connectivity index (χ3n) is 5.97. The van der Waals surface area contributed by atoms with E-state index in [0.717, 1.165) is 16.9 Å². The number of hydrogen-bond donors (Lipinski definition) is 3. The van der Waals surface area contributed by atoms with Crippen LogP contribution >= 0.6 is 0 Å². The molecule has 7 heteroatoms. The van der Waals surface area contributed by atoms with Gasteiger partial charge in [0.1, 0.15) is 5.75 Å². The van der Waals surface area contributed by atoms with Crippen LogP contribution < -0.4 is 15.4 Å². The van der Waals surface area contributed by atoms with E-state index in [2.05, 4.69) is 52.2 Å². The molecule has 3 rings (SSSR count). The minimum atomic E-state index is -1.03. The van der Waals surface area contributed by atoms with Crippen molar-refractivity contribution in [3.8, 4) is 5.75 Å². The SMILES string of the molecule is COc1c(C(C)(C)C)cc(C(=O)Nc2ccc(C(=O)Nc3ccc(C(=O)O)cc3)cc2)cc1C(C)(C)C.